The van der Waals surface area contributed by atoms with Crippen LogP contribution in [0, 0.1) is 5.92 Å². The van der Waals surface area contributed by atoms with Gasteiger partial charge in [0.15, 0.2) is 0 Å². The Balaban J connectivity index is 1.99. The van der Waals surface area contributed by atoms with Crippen molar-refractivity contribution < 1.29 is 9.90 Å². The molecule has 1 amide bonds. The van der Waals surface area contributed by atoms with Crippen molar-refractivity contribution in [1.29, 1.82) is 0 Å². The Kier molecular flexibility index (Phi) is 6.46. The second-order valence-corrected chi connectivity index (χ2v) is 5.05. The van der Waals surface area contributed by atoms with Crippen LogP contribution in [0.4, 0.5) is 0 Å². The molecular formula is C13H25NO2. The maximum absolute atomic E-state index is 11.4. The maximum Gasteiger partial charge on any atom is 0.220 e. The third-order valence-corrected chi connectivity index (χ3v) is 3.34. The van der Waals surface area contributed by atoms with Gasteiger partial charge in [-0.05, 0) is 25.7 Å². The third kappa shape index (κ3) is 6.11. The first kappa shape index (κ1) is 13.5. The summed E-state index contributed by atoms with van der Waals surface area (Å²) in [5.41, 5.74) is 0. The predicted molar refractivity (Wildman–Crippen MR) is 65.1 cm³/mol. The lowest BCUT2D eigenvalue weighted by molar-refractivity contribution is -0.121. The molecule has 0 radical (unpaired) electrons. The highest BCUT2D eigenvalue weighted by Gasteiger charge is 2.13. The summed E-state index contributed by atoms with van der Waals surface area (Å²) in [7, 11) is 0. The monoisotopic (exact) mass is 227 g/mol. The molecule has 94 valence electrons. The minimum absolute atomic E-state index is 0.0803. The van der Waals surface area contributed by atoms with Crippen LogP contribution in [0.5, 0.6) is 0 Å². The zero-order chi connectivity index (χ0) is 11.8. The second-order valence-electron chi connectivity index (χ2n) is 5.05. The van der Waals surface area contributed by atoms with Crippen LogP contribution < -0.4 is 5.32 Å². The molecule has 1 saturated carbocycles. The smallest absolute Gasteiger partial charge is 0.220 e. The molecule has 0 aromatic heterocycles. The van der Waals surface area contributed by atoms with E-state index in [0.29, 0.717) is 13.0 Å². The number of aliphatic hydroxyl groups is 1. The van der Waals surface area contributed by atoms with E-state index >= 15 is 0 Å². The van der Waals surface area contributed by atoms with Crippen molar-refractivity contribution in [2.45, 2.75) is 64.4 Å². The van der Waals surface area contributed by atoms with Crippen LogP contribution in [-0.4, -0.2) is 23.7 Å². The fourth-order valence-corrected chi connectivity index (χ4v) is 2.38. The minimum atomic E-state index is -0.442. The lowest BCUT2D eigenvalue weighted by atomic mass is 9.86. The van der Waals surface area contributed by atoms with Gasteiger partial charge in [-0.1, -0.05) is 32.1 Å². The van der Waals surface area contributed by atoms with Crippen LogP contribution in [0.15, 0.2) is 0 Å². The molecule has 1 aliphatic carbocycles. The summed E-state index contributed by atoms with van der Waals surface area (Å²) in [6.07, 6.45) is 9.22. The maximum atomic E-state index is 11.4. The second kappa shape index (κ2) is 7.66. The molecule has 0 spiro atoms. The van der Waals surface area contributed by atoms with E-state index in [1.165, 1.54) is 38.5 Å². The number of carbonyl (C=O) groups is 1. The molecule has 1 unspecified atom stereocenters. The lowest BCUT2D eigenvalue weighted by Gasteiger charge is -2.21. The Morgan fingerprint density at radius 3 is 2.69 bits per heavy atom. The van der Waals surface area contributed by atoms with Crippen molar-refractivity contribution in [1.82, 2.24) is 5.32 Å². The molecule has 0 heterocycles. The molecule has 0 aliphatic heterocycles. The van der Waals surface area contributed by atoms with Crippen molar-refractivity contribution in [3.8, 4) is 0 Å². The van der Waals surface area contributed by atoms with Gasteiger partial charge in [0.05, 0.1) is 6.10 Å². The first-order valence-electron chi connectivity index (χ1n) is 6.63. The number of hydrogen-bond donors (Lipinski definition) is 2. The van der Waals surface area contributed by atoms with Gasteiger partial charge in [0.1, 0.15) is 0 Å². The van der Waals surface area contributed by atoms with Gasteiger partial charge < -0.3 is 10.4 Å². The topological polar surface area (TPSA) is 49.3 Å². The molecule has 0 bridgehead atoms. The van der Waals surface area contributed by atoms with Crippen molar-refractivity contribution in [3.63, 3.8) is 0 Å². The largest absolute Gasteiger partial charge is 0.392 e. The van der Waals surface area contributed by atoms with Gasteiger partial charge in [-0.2, -0.15) is 0 Å². The SMILES string of the molecule is CC(O)CNC(=O)CCCC1CCCCC1. The van der Waals surface area contributed by atoms with Crippen molar-refractivity contribution in [3.05, 3.63) is 0 Å². The predicted octanol–water partition coefficient (Wildman–Crippen LogP) is 2.23. The molecular weight excluding hydrogens is 202 g/mol. The van der Waals surface area contributed by atoms with Crippen molar-refractivity contribution >= 4 is 5.91 Å². The Bertz CT molecular complexity index is 198. The van der Waals surface area contributed by atoms with E-state index in [-0.39, 0.29) is 5.91 Å². The van der Waals surface area contributed by atoms with Crippen LogP contribution >= 0.6 is 0 Å². The summed E-state index contributed by atoms with van der Waals surface area (Å²) < 4.78 is 0. The van der Waals surface area contributed by atoms with Gasteiger partial charge in [0.25, 0.3) is 0 Å². The van der Waals surface area contributed by atoms with E-state index < -0.39 is 6.10 Å². The van der Waals surface area contributed by atoms with Crippen LogP contribution in [0.25, 0.3) is 0 Å². The highest BCUT2D eigenvalue weighted by Crippen LogP contribution is 2.27. The molecule has 3 heteroatoms. The highest BCUT2D eigenvalue weighted by atomic mass is 16.3. The summed E-state index contributed by atoms with van der Waals surface area (Å²) in [6.45, 7) is 2.06. The van der Waals surface area contributed by atoms with Gasteiger partial charge >= 0.3 is 0 Å². The Morgan fingerprint density at radius 1 is 1.38 bits per heavy atom. The fourth-order valence-electron chi connectivity index (χ4n) is 2.38. The van der Waals surface area contributed by atoms with E-state index in [1.807, 2.05) is 0 Å². The molecule has 1 rings (SSSR count). The number of carbonyl (C=O) groups excluding carboxylic acids is 1. The molecule has 2 N–H and O–H groups in total. The summed E-state index contributed by atoms with van der Waals surface area (Å²) in [5.74, 6) is 0.940. The average Bonchev–Trinajstić information content (AvgIpc) is 2.28. The molecule has 3 nitrogen and oxygen atoms in total. The standard InChI is InChI=1S/C13H25NO2/c1-11(15)10-14-13(16)9-5-8-12-6-3-2-4-7-12/h11-12,15H,2-10H2,1H3,(H,14,16). The zero-order valence-corrected chi connectivity index (χ0v) is 10.4. The Morgan fingerprint density at radius 2 is 2.06 bits per heavy atom. The van der Waals surface area contributed by atoms with Crippen molar-refractivity contribution in [2.75, 3.05) is 6.54 Å². The van der Waals surface area contributed by atoms with Gasteiger partial charge in [-0.3, -0.25) is 4.79 Å². The summed E-state index contributed by atoms with van der Waals surface area (Å²) in [5, 5.41) is 11.7. The highest BCUT2D eigenvalue weighted by molar-refractivity contribution is 5.75. The number of rotatable bonds is 6. The van der Waals surface area contributed by atoms with Gasteiger partial charge in [-0.15, -0.1) is 0 Å². The van der Waals surface area contributed by atoms with E-state index in [2.05, 4.69) is 5.32 Å². The summed E-state index contributed by atoms with van der Waals surface area (Å²) in [4.78, 5) is 11.4. The fraction of sp³-hybridized carbons (Fsp3) is 0.923. The number of aliphatic hydroxyl groups excluding tert-OH is 1. The van der Waals surface area contributed by atoms with Crippen LogP contribution in [0.1, 0.15) is 58.3 Å². The quantitative estimate of drug-likeness (QED) is 0.731. The van der Waals surface area contributed by atoms with Crippen LogP contribution in [0.2, 0.25) is 0 Å². The van der Waals surface area contributed by atoms with Crippen molar-refractivity contribution in [2.24, 2.45) is 5.92 Å². The van der Waals surface area contributed by atoms with E-state index in [9.17, 15) is 4.79 Å². The van der Waals surface area contributed by atoms with Crippen LogP contribution in [0.3, 0.4) is 0 Å². The van der Waals surface area contributed by atoms with Gasteiger partial charge in [0.2, 0.25) is 5.91 Å². The van der Waals surface area contributed by atoms with E-state index in [0.717, 1.165) is 12.3 Å². The number of hydrogen-bond acceptors (Lipinski definition) is 2. The molecule has 16 heavy (non-hydrogen) atoms. The third-order valence-electron chi connectivity index (χ3n) is 3.34. The minimum Gasteiger partial charge on any atom is -0.392 e. The lowest BCUT2D eigenvalue weighted by Crippen LogP contribution is -2.30. The molecule has 1 aliphatic rings. The molecule has 1 fully saturated rings. The summed E-state index contributed by atoms with van der Waals surface area (Å²) >= 11 is 0. The molecule has 0 aromatic rings. The van der Waals surface area contributed by atoms with E-state index in [1.54, 1.807) is 6.92 Å². The molecule has 1 atom stereocenters. The number of nitrogens with one attached hydrogen (secondary N) is 1. The first-order chi connectivity index (χ1) is 7.68. The molecule has 0 aromatic carbocycles. The molecule has 0 saturated heterocycles. The average molecular weight is 227 g/mol. The zero-order valence-electron chi connectivity index (χ0n) is 10.4. The van der Waals surface area contributed by atoms with Gasteiger partial charge in [-0.25, -0.2) is 0 Å². The Hall–Kier alpha value is -0.570. The van der Waals surface area contributed by atoms with Crippen LogP contribution in [-0.2, 0) is 4.79 Å². The Labute approximate surface area is 98.6 Å². The van der Waals surface area contributed by atoms with Gasteiger partial charge in [0, 0.05) is 13.0 Å². The summed E-state index contributed by atoms with van der Waals surface area (Å²) in [6, 6.07) is 0. The van der Waals surface area contributed by atoms with E-state index in [4.69, 9.17) is 5.11 Å². The normalized spacial score (nSPS) is 19.4. The first-order valence-corrected chi connectivity index (χ1v) is 6.63. The number of amides is 1.